The maximum Gasteiger partial charge on any atom is 0.269 e. The van der Waals surface area contributed by atoms with Gasteiger partial charge < -0.3 is 5.32 Å². The minimum atomic E-state index is -0.375. The number of nitrogens with one attached hydrogen (secondary N) is 3. The summed E-state index contributed by atoms with van der Waals surface area (Å²) in [7, 11) is 0. The quantitative estimate of drug-likeness (QED) is 0.536. The Bertz CT molecular complexity index is 407. The smallest absolute Gasteiger partial charge is 0.269 e. The van der Waals surface area contributed by atoms with Crippen LogP contribution in [0.5, 0.6) is 0 Å². The molecule has 1 heterocycles. The van der Waals surface area contributed by atoms with Crippen LogP contribution in [0.25, 0.3) is 0 Å². The monoisotopic (exact) mass is 250 g/mol. The average molecular weight is 250 g/mol. The van der Waals surface area contributed by atoms with Crippen LogP contribution in [0.2, 0.25) is 0 Å². The van der Waals surface area contributed by atoms with Crippen molar-refractivity contribution in [2.45, 2.75) is 13.0 Å². The van der Waals surface area contributed by atoms with Crippen molar-refractivity contribution >= 4 is 5.69 Å². The number of nitro benzene ring substituents is 1. The minimum absolute atomic E-state index is 0.132. The molecule has 0 aliphatic carbocycles. The Morgan fingerprint density at radius 1 is 1.44 bits per heavy atom. The van der Waals surface area contributed by atoms with Gasteiger partial charge in [-0.3, -0.25) is 15.5 Å². The lowest BCUT2D eigenvalue weighted by atomic mass is 9.95. The van der Waals surface area contributed by atoms with Gasteiger partial charge >= 0.3 is 0 Å². The summed E-state index contributed by atoms with van der Waals surface area (Å²) in [6, 6.07) is 6.95. The van der Waals surface area contributed by atoms with E-state index in [0.29, 0.717) is 5.92 Å². The van der Waals surface area contributed by atoms with Gasteiger partial charge in [0.15, 0.2) is 0 Å². The van der Waals surface area contributed by atoms with Gasteiger partial charge in [0.2, 0.25) is 0 Å². The standard InChI is InChI=1S/C12H18N4O2/c1-2-13-7-10-8-14-15-12(10)9-3-5-11(6-4-9)16(17)18/h3-6,10,12-15H,2,7-8H2,1H3. The Morgan fingerprint density at radius 2 is 2.17 bits per heavy atom. The molecule has 2 unspecified atom stereocenters. The number of benzene rings is 1. The predicted octanol–water partition coefficient (Wildman–Crippen LogP) is 0.969. The van der Waals surface area contributed by atoms with Gasteiger partial charge in [-0.25, -0.2) is 5.43 Å². The van der Waals surface area contributed by atoms with Gasteiger partial charge in [0.1, 0.15) is 0 Å². The maximum atomic E-state index is 10.6. The van der Waals surface area contributed by atoms with Crippen molar-refractivity contribution in [3.63, 3.8) is 0 Å². The van der Waals surface area contributed by atoms with E-state index in [2.05, 4.69) is 23.1 Å². The Hall–Kier alpha value is -1.50. The largest absolute Gasteiger partial charge is 0.317 e. The second-order valence-electron chi connectivity index (χ2n) is 4.42. The van der Waals surface area contributed by atoms with Gasteiger partial charge in [-0.1, -0.05) is 19.1 Å². The van der Waals surface area contributed by atoms with Gasteiger partial charge in [0.05, 0.1) is 11.0 Å². The first kappa shape index (κ1) is 12.9. The second-order valence-corrected chi connectivity index (χ2v) is 4.42. The summed E-state index contributed by atoms with van der Waals surface area (Å²) in [5.74, 6) is 0.450. The Labute approximate surface area is 106 Å². The molecule has 0 saturated carbocycles. The molecule has 2 rings (SSSR count). The number of hydrogen-bond donors (Lipinski definition) is 3. The Balaban J connectivity index is 2.07. The number of non-ortho nitro benzene ring substituents is 1. The van der Waals surface area contributed by atoms with Crippen LogP contribution < -0.4 is 16.2 Å². The molecule has 0 bridgehead atoms. The van der Waals surface area contributed by atoms with Gasteiger partial charge in [-0.2, -0.15) is 0 Å². The summed E-state index contributed by atoms with van der Waals surface area (Å²) in [6.07, 6.45) is 0. The molecule has 6 nitrogen and oxygen atoms in total. The topological polar surface area (TPSA) is 79.2 Å². The van der Waals surface area contributed by atoms with Crippen LogP contribution in [0.4, 0.5) is 5.69 Å². The van der Waals surface area contributed by atoms with Crippen molar-refractivity contribution in [1.82, 2.24) is 16.2 Å². The van der Waals surface area contributed by atoms with Crippen molar-refractivity contribution in [2.75, 3.05) is 19.6 Å². The summed E-state index contributed by atoms with van der Waals surface area (Å²) in [5, 5.41) is 13.9. The molecule has 98 valence electrons. The van der Waals surface area contributed by atoms with Crippen LogP contribution in [-0.4, -0.2) is 24.6 Å². The predicted molar refractivity (Wildman–Crippen MR) is 69.0 cm³/mol. The van der Waals surface area contributed by atoms with E-state index in [9.17, 15) is 10.1 Å². The van der Waals surface area contributed by atoms with E-state index in [1.54, 1.807) is 12.1 Å². The first-order valence-electron chi connectivity index (χ1n) is 6.16. The number of nitrogens with zero attached hydrogens (tertiary/aromatic N) is 1. The molecule has 1 saturated heterocycles. The highest BCUT2D eigenvalue weighted by Crippen LogP contribution is 2.25. The van der Waals surface area contributed by atoms with Crippen molar-refractivity contribution in [1.29, 1.82) is 0 Å². The van der Waals surface area contributed by atoms with Gasteiger partial charge in [0.25, 0.3) is 5.69 Å². The van der Waals surface area contributed by atoms with E-state index in [1.807, 2.05) is 12.1 Å². The number of rotatable bonds is 5. The third-order valence-electron chi connectivity index (χ3n) is 3.21. The van der Waals surface area contributed by atoms with Crippen LogP contribution >= 0.6 is 0 Å². The second kappa shape index (κ2) is 5.90. The average Bonchev–Trinajstić information content (AvgIpc) is 2.84. The molecule has 0 spiro atoms. The maximum absolute atomic E-state index is 10.6. The van der Waals surface area contributed by atoms with Crippen LogP contribution in [-0.2, 0) is 0 Å². The van der Waals surface area contributed by atoms with Crippen molar-refractivity contribution in [3.05, 3.63) is 39.9 Å². The molecule has 18 heavy (non-hydrogen) atoms. The molecule has 1 aromatic rings. The fourth-order valence-electron chi connectivity index (χ4n) is 2.21. The van der Waals surface area contributed by atoms with Crippen molar-refractivity contribution in [2.24, 2.45) is 5.92 Å². The number of hydrazine groups is 1. The minimum Gasteiger partial charge on any atom is -0.317 e. The van der Waals surface area contributed by atoms with Crippen LogP contribution in [0, 0.1) is 16.0 Å². The van der Waals surface area contributed by atoms with Crippen LogP contribution in [0.3, 0.4) is 0 Å². The third kappa shape index (κ3) is 2.84. The SMILES string of the molecule is CCNCC1CNNC1c1ccc([N+](=O)[O-])cc1. The molecule has 1 aliphatic rings. The highest BCUT2D eigenvalue weighted by Gasteiger charge is 2.27. The molecule has 0 radical (unpaired) electrons. The zero-order valence-electron chi connectivity index (χ0n) is 10.3. The molecule has 0 amide bonds. The number of nitro groups is 1. The molecular weight excluding hydrogens is 232 g/mol. The lowest BCUT2D eigenvalue weighted by Gasteiger charge is -2.18. The molecule has 1 fully saturated rings. The van der Waals surface area contributed by atoms with Gasteiger partial charge in [-0.15, -0.1) is 0 Å². The van der Waals surface area contributed by atoms with Crippen molar-refractivity contribution in [3.8, 4) is 0 Å². The molecule has 0 aromatic heterocycles. The summed E-state index contributed by atoms with van der Waals surface area (Å²) >= 11 is 0. The highest BCUT2D eigenvalue weighted by molar-refractivity contribution is 5.34. The van der Waals surface area contributed by atoms with E-state index < -0.39 is 0 Å². The van der Waals surface area contributed by atoms with E-state index in [1.165, 1.54) is 0 Å². The molecule has 1 aromatic carbocycles. The molecule has 6 heteroatoms. The normalized spacial score (nSPS) is 23.2. The first-order valence-corrected chi connectivity index (χ1v) is 6.16. The zero-order chi connectivity index (χ0) is 13.0. The van der Waals surface area contributed by atoms with Crippen LogP contribution in [0.15, 0.2) is 24.3 Å². The van der Waals surface area contributed by atoms with Crippen LogP contribution in [0.1, 0.15) is 18.5 Å². The zero-order valence-corrected chi connectivity index (χ0v) is 10.3. The lowest BCUT2D eigenvalue weighted by molar-refractivity contribution is -0.384. The molecular formula is C12H18N4O2. The molecule has 2 atom stereocenters. The first-order chi connectivity index (χ1) is 8.72. The molecule has 3 N–H and O–H groups in total. The summed E-state index contributed by atoms with van der Waals surface area (Å²) < 4.78 is 0. The van der Waals surface area contributed by atoms with Crippen molar-refractivity contribution < 1.29 is 4.92 Å². The summed E-state index contributed by atoms with van der Waals surface area (Å²) in [4.78, 5) is 10.2. The van der Waals surface area contributed by atoms with E-state index >= 15 is 0 Å². The Morgan fingerprint density at radius 3 is 2.78 bits per heavy atom. The summed E-state index contributed by atoms with van der Waals surface area (Å²) in [6.45, 7) is 4.85. The Kier molecular flexibility index (Phi) is 4.24. The van der Waals surface area contributed by atoms with E-state index in [0.717, 1.165) is 25.2 Å². The fraction of sp³-hybridized carbons (Fsp3) is 0.500. The molecule has 1 aliphatic heterocycles. The summed E-state index contributed by atoms with van der Waals surface area (Å²) in [5.41, 5.74) is 7.57. The lowest BCUT2D eigenvalue weighted by Crippen LogP contribution is -2.28. The van der Waals surface area contributed by atoms with E-state index in [-0.39, 0.29) is 16.7 Å². The highest BCUT2D eigenvalue weighted by atomic mass is 16.6. The van der Waals surface area contributed by atoms with E-state index in [4.69, 9.17) is 0 Å². The number of hydrogen-bond acceptors (Lipinski definition) is 5. The van der Waals surface area contributed by atoms with Gasteiger partial charge in [0, 0.05) is 31.1 Å². The van der Waals surface area contributed by atoms with Gasteiger partial charge in [-0.05, 0) is 12.1 Å². The third-order valence-corrected chi connectivity index (χ3v) is 3.21. The fourth-order valence-corrected chi connectivity index (χ4v) is 2.21.